The van der Waals surface area contributed by atoms with Crippen molar-refractivity contribution in [3.8, 4) is 0 Å². The molecule has 1 N–H and O–H groups in total. The molecule has 4 heteroatoms. The summed E-state index contributed by atoms with van der Waals surface area (Å²) >= 11 is 6.08. The SMILES string of the molecule is O=C1Nc2ccccc2C1C=NCc1ccccc1Cl. The zero-order chi connectivity index (χ0) is 13.9. The fourth-order valence-corrected chi connectivity index (χ4v) is 2.46. The van der Waals surface area contributed by atoms with Crippen LogP contribution in [-0.4, -0.2) is 12.1 Å². The zero-order valence-corrected chi connectivity index (χ0v) is 11.5. The predicted octanol–water partition coefficient (Wildman–Crippen LogP) is 3.65. The van der Waals surface area contributed by atoms with Crippen molar-refractivity contribution < 1.29 is 4.79 Å². The summed E-state index contributed by atoms with van der Waals surface area (Å²) in [5.41, 5.74) is 2.80. The van der Waals surface area contributed by atoms with Crippen molar-refractivity contribution in [2.45, 2.75) is 12.5 Å². The quantitative estimate of drug-likeness (QED) is 0.859. The maximum absolute atomic E-state index is 11.9. The second-order valence-corrected chi connectivity index (χ2v) is 5.04. The van der Waals surface area contributed by atoms with Crippen LogP contribution in [0.2, 0.25) is 5.02 Å². The third-order valence-electron chi connectivity index (χ3n) is 3.31. The lowest BCUT2D eigenvalue weighted by atomic mass is 10.0. The van der Waals surface area contributed by atoms with Crippen molar-refractivity contribution in [2.24, 2.45) is 4.99 Å². The molecule has 0 saturated heterocycles. The molecular formula is C16H13ClN2O. The summed E-state index contributed by atoms with van der Waals surface area (Å²) in [6, 6.07) is 15.3. The number of amides is 1. The molecule has 0 spiro atoms. The van der Waals surface area contributed by atoms with Gasteiger partial charge >= 0.3 is 0 Å². The smallest absolute Gasteiger partial charge is 0.237 e. The second-order valence-electron chi connectivity index (χ2n) is 4.64. The van der Waals surface area contributed by atoms with E-state index in [9.17, 15) is 4.79 Å². The van der Waals surface area contributed by atoms with Gasteiger partial charge in [0.2, 0.25) is 5.91 Å². The molecule has 20 heavy (non-hydrogen) atoms. The Morgan fingerprint density at radius 1 is 1.15 bits per heavy atom. The Balaban J connectivity index is 1.77. The molecule has 3 nitrogen and oxygen atoms in total. The van der Waals surface area contributed by atoms with Gasteiger partial charge in [0, 0.05) is 16.9 Å². The summed E-state index contributed by atoms with van der Waals surface area (Å²) in [6.45, 7) is 0.478. The van der Waals surface area contributed by atoms with Crippen LogP contribution in [-0.2, 0) is 11.3 Å². The lowest BCUT2D eigenvalue weighted by Gasteiger charge is -2.02. The van der Waals surface area contributed by atoms with Crippen molar-refractivity contribution in [1.29, 1.82) is 0 Å². The minimum absolute atomic E-state index is 0.0332. The number of nitrogens with zero attached hydrogens (tertiary/aromatic N) is 1. The Hall–Kier alpha value is -2.13. The molecular weight excluding hydrogens is 272 g/mol. The van der Waals surface area contributed by atoms with Crippen LogP contribution in [0, 0.1) is 0 Å². The van der Waals surface area contributed by atoms with Gasteiger partial charge in [-0.3, -0.25) is 9.79 Å². The highest BCUT2D eigenvalue weighted by molar-refractivity contribution is 6.31. The van der Waals surface area contributed by atoms with E-state index in [1.807, 2.05) is 48.5 Å². The Kier molecular flexibility index (Phi) is 3.52. The van der Waals surface area contributed by atoms with Crippen molar-refractivity contribution in [1.82, 2.24) is 0 Å². The van der Waals surface area contributed by atoms with Crippen LogP contribution in [0.15, 0.2) is 53.5 Å². The Morgan fingerprint density at radius 2 is 1.90 bits per heavy atom. The summed E-state index contributed by atoms with van der Waals surface area (Å²) in [6.07, 6.45) is 1.70. The molecule has 2 aromatic carbocycles. The number of benzene rings is 2. The van der Waals surface area contributed by atoms with Crippen LogP contribution in [0.1, 0.15) is 17.0 Å². The van der Waals surface area contributed by atoms with E-state index >= 15 is 0 Å². The number of fused-ring (bicyclic) bond motifs is 1. The van der Waals surface area contributed by atoms with Gasteiger partial charge in [-0.1, -0.05) is 48.0 Å². The molecule has 3 rings (SSSR count). The van der Waals surface area contributed by atoms with E-state index in [-0.39, 0.29) is 11.8 Å². The highest BCUT2D eigenvalue weighted by Gasteiger charge is 2.28. The van der Waals surface area contributed by atoms with Crippen LogP contribution < -0.4 is 5.32 Å². The van der Waals surface area contributed by atoms with Crippen LogP contribution in [0.5, 0.6) is 0 Å². The Labute approximate surface area is 122 Å². The maximum atomic E-state index is 11.9. The van der Waals surface area contributed by atoms with Crippen LogP contribution in [0.25, 0.3) is 0 Å². The van der Waals surface area contributed by atoms with Crippen molar-refractivity contribution in [2.75, 3.05) is 5.32 Å². The number of rotatable bonds is 3. The normalized spacial score (nSPS) is 17.2. The monoisotopic (exact) mass is 284 g/mol. The van der Waals surface area contributed by atoms with Crippen molar-refractivity contribution in [3.05, 3.63) is 64.7 Å². The second kappa shape index (κ2) is 5.47. The molecule has 0 aromatic heterocycles. The summed E-state index contributed by atoms with van der Waals surface area (Å²) in [5.74, 6) is -0.345. The number of para-hydroxylation sites is 1. The van der Waals surface area contributed by atoms with E-state index in [0.717, 1.165) is 16.8 Å². The van der Waals surface area contributed by atoms with Gasteiger partial charge in [-0.2, -0.15) is 0 Å². The first-order valence-electron chi connectivity index (χ1n) is 6.39. The molecule has 1 unspecified atom stereocenters. The first kappa shape index (κ1) is 12.9. The van der Waals surface area contributed by atoms with Crippen LogP contribution in [0.3, 0.4) is 0 Å². The van der Waals surface area contributed by atoms with Gasteiger partial charge in [0.1, 0.15) is 5.92 Å². The fourth-order valence-electron chi connectivity index (χ4n) is 2.26. The third kappa shape index (κ3) is 2.45. The van der Waals surface area contributed by atoms with E-state index in [4.69, 9.17) is 11.6 Å². The summed E-state index contributed by atoms with van der Waals surface area (Å²) in [4.78, 5) is 16.3. The number of nitrogens with one attached hydrogen (secondary N) is 1. The van der Waals surface area contributed by atoms with Gasteiger partial charge in [0.05, 0.1) is 6.54 Å². The number of carbonyl (C=O) groups excluding carboxylic acids is 1. The highest BCUT2D eigenvalue weighted by Crippen LogP contribution is 2.30. The van der Waals surface area contributed by atoms with Gasteiger partial charge in [-0.15, -0.1) is 0 Å². The minimum Gasteiger partial charge on any atom is -0.325 e. The molecule has 1 amide bonds. The molecule has 100 valence electrons. The molecule has 1 aliphatic rings. The average Bonchev–Trinajstić information content (AvgIpc) is 2.77. The Morgan fingerprint density at radius 3 is 2.75 bits per heavy atom. The first-order valence-corrected chi connectivity index (χ1v) is 6.76. The minimum atomic E-state index is -0.311. The van der Waals surface area contributed by atoms with Crippen molar-refractivity contribution in [3.63, 3.8) is 0 Å². The highest BCUT2D eigenvalue weighted by atomic mass is 35.5. The first-order chi connectivity index (χ1) is 9.75. The fraction of sp³-hybridized carbons (Fsp3) is 0.125. The number of aliphatic imine (C=N–C) groups is 1. The van der Waals surface area contributed by atoms with E-state index in [1.165, 1.54) is 0 Å². The molecule has 0 radical (unpaired) electrons. The topological polar surface area (TPSA) is 41.5 Å². The van der Waals surface area contributed by atoms with Crippen LogP contribution >= 0.6 is 11.6 Å². The molecule has 1 atom stereocenters. The lowest BCUT2D eigenvalue weighted by molar-refractivity contribution is -0.115. The van der Waals surface area contributed by atoms with Gasteiger partial charge in [-0.25, -0.2) is 0 Å². The molecule has 0 fully saturated rings. The van der Waals surface area contributed by atoms with E-state index in [2.05, 4.69) is 10.3 Å². The molecule has 0 aliphatic carbocycles. The van der Waals surface area contributed by atoms with Gasteiger partial charge < -0.3 is 5.32 Å². The van der Waals surface area contributed by atoms with Gasteiger partial charge in [-0.05, 0) is 23.3 Å². The van der Waals surface area contributed by atoms with Gasteiger partial charge in [0.25, 0.3) is 0 Å². The molecule has 1 heterocycles. The molecule has 1 aliphatic heterocycles. The third-order valence-corrected chi connectivity index (χ3v) is 3.68. The maximum Gasteiger partial charge on any atom is 0.237 e. The van der Waals surface area contributed by atoms with E-state index in [1.54, 1.807) is 6.21 Å². The van der Waals surface area contributed by atoms with E-state index in [0.29, 0.717) is 11.6 Å². The number of hydrogen-bond acceptors (Lipinski definition) is 2. The summed E-state index contributed by atoms with van der Waals surface area (Å²) in [5, 5.41) is 3.55. The van der Waals surface area contributed by atoms with Crippen molar-refractivity contribution >= 4 is 29.4 Å². The number of hydrogen-bond donors (Lipinski definition) is 1. The largest absolute Gasteiger partial charge is 0.325 e. The number of halogens is 1. The molecule has 0 saturated carbocycles. The summed E-state index contributed by atoms with van der Waals surface area (Å²) < 4.78 is 0. The average molecular weight is 285 g/mol. The zero-order valence-electron chi connectivity index (χ0n) is 10.7. The Bertz CT molecular complexity index is 682. The standard InChI is InChI=1S/C16H13ClN2O/c17-14-7-3-1-5-11(14)9-18-10-13-12-6-2-4-8-15(12)19-16(13)20/h1-8,10,13H,9H2,(H,19,20). The number of anilines is 1. The van der Waals surface area contributed by atoms with Crippen LogP contribution in [0.4, 0.5) is 5.69 Å². The molecule has 2 aromatic rings. The van der Waals surface area contributed by atoms with E-state index < -0.39 is 0 Å². The summed E-state index contributed by atoms with van der Waals surface area (Å²) in [7, 11) is 0. The molecule has 0 bridgehead atoms. The van der Waals surface area contributed by atoms with Gasteiger partial charge in [0.15, 0.2) is 0 Å². The predicted molar refractivity (Wildman–Crippen MR) is 81.5 cm³/mol. The lowest BCUT2D eigenvalue weighted by Crippen LogP contribution is -2.13. The number of carbonyl (C=O) groups is 1.